The summed E-state index contributed by atoms with van der Waals surface area (Å²) in [4.78, 5) is 0.245. The first kappa shape index (κ1) is 16.8. The molecule has 0 aliphatic carbocycles. The van der Waals surface area contributed by atoms with Gasteiger partial charge in [-0.25, -0.2) is 8.42 Å². The average molecular weight is 376 g/mol. The van der Waals surface area contributed by atoms with Gasteiger partial charge >= 0.3 is 0 Å². The van der Waals surface area contributed by atoms with Crippen LogP contribution in [0.4, 0.5) is 0 Å². The molecule has 1 fully saturated rings. The van der Waals surface area contributed by atoms with Crippen molar-refractivity contribution in [2.45, 2.75) is 37.5 Å². The Labute approximate surface area is 135 Å². The Bertz CT molecular complexity index is 589. The fourth-order valence-electron chi connectivity index (χ4n) is 2.78. The van der Waals surface area contributed by atoms with Gasteiger partial charge in [-0.05, 0) is 43.4 Å². The first-order valence-electron chi connectivity index (χ1n) is 7.32. The van der Waals surface area contributed by atoms with Crippen molar-refractivity contribution in [2.75, 3.05) is 20.2 Å². The van der Waals surface area contributed by atoms with E-state index in [1.54, 1.807) is 22.5 Å². The predicted octanol–water partition coefficient (Wildman–Crippen LogP) is 3.66. The molecule has 2 rings (SSSR count). The molecule has 4 nitrogen and oxygen atoms in total. The van der Waals surface area contributed by atoms with Crippen molar-refractivity contribution in [3.8, 4) is 5.75 Å². The molecule has 1 saturated heterocycles. The van der Waals surface area contributed by atoms with E-state index >= 15 is 0 Å². The maximum absolute atomic E-state index is 12.9. The topological polar surface area (TPSA) is 46.6 Å². The van der Waals surface area contributed by atoms with Crippen LogP contribution in [0.5, 0.6) is 5.75 Å². The van der Waals surface area contributed by atoms with E-state index in [0.29, 0.717) is 24.8 Å². The molecule has 1 atom stereocenters. The standard InChI is InChI=1S/C15H22BrNO3S/c1-3-12-5-4-9-17(10-8-12)21(18,19)15-11-13(16)6-7-14(15)20-2/h6-7,11-12H,3-5,8-10H2,1-2H3. The van der Waals surface area contributed by atoms with E-state index in [1.165, 1.54) is 7.11 Å². The van der Waals surface area contributed by atoms with Crippen molar-refractivity contribution in [1.82, 2.24) is 4.31 Å². The second-order valence-electron chi connectivity index (χ2n) is 5.40. The van der Waals surface area contributed by atoms with Crippen molar-refractivity contribution in [2.24, 2.45) is 5.92 Å². The molecular formula is C15H22BrNO3S. The molecule has 0 radical (unpaired) electrons. The second kappa shape index (κ2) is 7.11. The molecule has 0 aromatic heterocycles. The highest BCUT2D eigenvalue weighted by Crippen LogP contribution is 2.31. The molecular weight excluding hydrogens is 354 g/mol. The Balaban J connectivity index is 2.31. The first-order chi connectivity index (χ1) is 9.98. The molecule has 0 saturated carbocycles. The fraction of sp³-hybridized carbons (Fsp3) is 0.600. The number of sulfonamides is 1. The minimum atomic E-state index is -3.50. The Hall–Kier alpha value is -0.590. The average Bonchev–Trinajstić information content (AvgIpc) is 2.73. The van der Waals surface area contributed by atoms with Crippen molar-refractivity contribution < 1.29 is 13.2 Å². The van der Waals surface area contributed by atoms with Gasteiger partial charge in [0, 0.05) is 17.6 Å². The first-order valence-corrected chi connectivity index (χ1v) is 9.56. The van der Waals surface area contributed by atoms with Crippen LogP contribution in [0.1, 0.15) is 32.6 Å². The van der Waals surface area contributed by atoms with Gasteiger partial charge in [0.2, 0.25) is 10.0 Å². The summed E-state index contributed by atoms with van der Waals surface area (Å²) in [5.74, 6) is 1.03. The largest absolute Gasteiger partial charge is 0.495 e. The second-order valence-corrected chi connectivity index (χ2v) is 8.23. The minimum absolute atomic E-state index is 0.245. The van der Waals surface area contributed by atoms with Gasteiger partial charge in [0.25, 0.3) is 0 Å². The summed E-state index contributed by atoms with van der Waals surface area (Å²) < 4.78 is 33.4. The Morgan fingerprint density at radius 1 is 1.33 bits per heavy atom. The van der Waals surface area contributed by atoms with Crippen LogP contribution in [-0.2, 0) is 10.0 Å². The van der Waals surface area contributed by atoms with E-state index < -0.39 is 10.0 Å². The number of halogens is 1. The van der Waals surface area contributed by atoms with E-state index in [-0.39, 0.29) is 4.90 Å². The number of nitrogens with zero attached hydrogens (tertiary/aromatic N) is 1. The minimum Gasteiger partial charge on any atom is -0.495 e. The molecule has 21 heavy (non-hydrogen) atoms. The van der Waals surface area contributed by atoms with Crippen molar-refractivity contribution >= 4 is 26.0 Å². The summed E-state index contributed by atoms with van der Waals surface area (Å²) in [6, 6.07) is 5.09. The summed E-state index contributed by atoms with van der Waals surface area (Å²) >= 11 is 3.34. The van der Waals surface area contributed by atoms with Gasteiger partial charge in [-0.1, -0.05) is 29.3 Å². The van der Waals surface area contributed by atoms with Crippen LogP contribution >= 0.6 is 15.9 Å². The number of hydrogen-bond donors (Lipinski definition) is 0. The van der Waals surface area contributed by atoms with Crippen LogP contribution in [0.3, 0.4) is 0 Å². The van der Waals surface area contributed by atoms with Gasteiger partial charge in [0.1, 0.15) is 10.6 Å². The van der Waals surface area contributed by atoms with Crippen LogP contribution in [0.25, 0.3) is 0 Å². The molecule has 0 bridgehead atoms. The van der Waals surface area contributed by atoms with Gasteiger partial charge < -0.3 is 4.74 Å². The molecule has 0 amide bonds. The van der Waals surface area contributed by atoms with Gasteiger partial charge in [-0.15, -0.1) is 0 Å². The quantitative estimate of drug-likeness (QED) is 0.806. The third-order valence-electron chi connectivity index (χ3n) is 4.13. The van der Waals surface area contributed by atoms with Gasteiger partial charge in [0.15, 0.2) is 0 Å². The van der Waals surface area contributed by atoms with Gasteiger partial charge in [-0.3, -0.25) is 0 Å². The van der Waals surface area contributed by atoms with Crippen molar-refractivity contribution in [1.29, 1.82) is 0 Å². The molecule has 1 unspecified atom stereocenters. The van der Waals surface area contributed by atoms with Crippen LogP contribution < -0.4 is 4.74 Å². The number of benzene rings is 1. The highest BCUT2D eigenvalue weighted by atomic mass is 79.9. The lowest BCUT2D eigenvalue weighted by atomic mass is 9.98. The number of ether oxygens (including phenoxy) is 1. The highest BCUT2D eigenvalue weighted by Gasteiger charge is 2.29. The number of rotatable bonds is 4. The lowest BCUT2D eigenvalue weighted by Crippen LogP contribution is -2.32. The highest BCUT2D eigenvalue weighted by molar-refractivity contribution is 9.10. The molecule has 1 aromatic carbocycles. The Kier molecular flexibility index (Phi) is 5.68. The van der Waals surface area contributed by atoms with Crippen LogP contribution in [0.2, 0.25) is 0 Å². The van der Waals surface area contributed by atoms with Crippen LogP contribution in [-0.4, -0.2) is 32.9 Å². The lowest BCUT2D eigenvalue weighted by molar-refractivity contribution is 0.388. The number of methoxy groups -OCH3 is 1. The van der Waals surface area contributed by atoms with Gasteiger partial charge in [0.05, 0.1) is 7.11 Å². The molecule has 1 aliphatic rings. The van der Waals surface area contributed by atoms with E-state index in [1.807, 2.05) is 0 Å². The van der Waals surface area contributed by atoms with Crippen molar-refractivity contribution in [3.63, 3.8) is 0 Å². The molecule has 1 aliphatic heterocycles. The molecule has 0 spiro atoms. The van der Waals surface area contributed by atoms with Gasteiger partial charge in [-0.2, -0.15) is 4.31 Å². The summed E-state index contributed by atoms with van der Waals surface area (Å²) in [6.07, 6.45) is 4.09. The predicted molar refractivity (Wildman–Crippen MR) is 87.1 cm³/mol. The van der Waals surface area contributed by atoms with E-state index in [4.69, 9.17) is 4.74 Å². The van der Waals surface area contributed by atoms with E-state index in [9.17, 15) is 8.42 Å². The zero-order chi connectivity index (χ0) is 15.5. The third kappa shape index (κ3) is 3.79. The van der Waals surface area contributed by atoms with Crippen LogP contribution in [0.15, 0.2) is 27.6 Å². The van der Waals surface area contributed by atoms with E-state index in [0.717, 1.165) is 30.2 Å². The molecule has 0 N–H and O–H groups in total. The maximum Gasteiger partial charge on any atom is 0.246 e. The third-order valence-corrected chi connectivity index (χ3v) is 6.54. The molecule has 1 aromatic rings. The van der Waals surface area contributed by atoms with Crippen LogP contribution in [0, 0.1) is 5.92 Å². The zero-order valence-electron chi connectivity index (χ0n) is 12.5. The normalized spacial score (nSPS) is 21.0. The lowest BCUT2D eigenvalue weighted by Gasteiger charge is -2.21. The molecule has 1 heterocycles. The monoisotopic (exact) mass is 375 g/mol. The summed E-state index contributed by atoms with van der Waals surface area (Å²) in [5, 5.41) is 0. The summed E-state index contributed by atoms with van der Waals surface area (Å²) in [5.41, 5.74) is 0. The Morgan fingerprint density at radius 2 is 2.10 bits per heavy atom. The zero-order valence-corrected chi connectivity index (χ0v) is 14.9. The fourth-order valence-corrected chi connectivity index (χ4v) is 4.97. The Morgan fingerprint density at radius 3 is 2.76 bits per heavy atom. The summed E-state index contributed by atoms with van der Waals surface area (Å²) in [6.45, 7) is 3.36. The maximum atomic E-state index is 12.9. The number of hydrogen-bond acceptors (Lipinski definition) is 3. The molecule has 6 heteroatoms. The molecule has 118 valence electrons. The smallest absolute Gasteiger partial charge is 0.246 e. The van der Waals surface area contributed by atoms with E-state index in [2.05, 4.69) is 22.9 Å². The summed E-state index contributed by atoms with van der Waals surface area (Å²) in [7, 11) is -2.01. The van der Waals surface area contributed by atoms with Crippen molar-refractivity contribution in [3.05, 3.63) is 22.7 Å². The SMILES string of the molecule is CCC1CCCN(S(=O)(=O)c2cc(Br)ccc2OC)CC1.